The third kappa shape index (κ3) is 7.06. The van der Waals surface area contributed by atoms with Gasteiger partial charge in [0.15, 0.2) is 15.8 Å². The van der Waals surface area contributed by atoms with E-state index in [1.165, 1.54) is 16.0 Å². The molecule has 9 heteroatoms. The van der Waals surface area contributed by atoms with Crippen LogP contribution in [0.3, 0.4) is 0 Å². The van der Waals surface area contributed by atoms with Crippen LogP contribution in [0.15, 0.2) is 28.1 Å². The van der Waals surface area contributed by atoms with Gasteiger partial charge in [0.05, 0.1) is 11.5 Å². The van der Waals surface area contributed by atoms with Gasteiger partial charge in [-0.25, -0.2) is 8.42 Å². The second-order valence-electron chi connectivity index (χ2n) is 6.59. The van der Waals surface area contributed by atoms with Crippen LogP contribution in [0.2, 0.25) is 0 Å². The number of carbonyl (C=O) groups is 1. The van der Waals surface area contributed by atoms with Crippen molar-refractivity contribution < 1.29 is 13.2 Å². The Bertz CT molecular complexity index is 794. The van der Waals surface area contributed by atoms with E-state index in [1.807, 2.05) is 0 Å². The molecule has 0 spiro atoms. The monoisotopic (exact) mass is 412 g/mol. The zero-order chi connectivity index (χ0) is 19.9. The van der Waals surface area contributed by atoms with Crippen molar-refractivity contribution in [3.05, 3.63) is 29.3 Å². The summed E-state index contributed by atoms with van der Waals surface area (Å²) in [6.45, 7) is 3.14. The van der Waals surface area contributed by atoms with Crippen LogP contribution in [0.1, 0.15) is 24.0 Å². The van der Waals surface area contributed by atoms with Crippen molar-refractivity contribution in [3.63, 3.8) is 0 Å². The highest BCUT2D eigenvalue weighted by Gasteiger charge is 2.28. The topological polar surface area (TPSA) is 99.7 Å². The minimum absolute atomic E-state index is 0.0454. The van der Waals surface area contributed by atoms with E-state index in [-0.39, 0.29) is 29.9 Å². The average Bonchev–Trinajstić information content (AvgIpc) is 2.96. The lowest BCUT2D eigenvalue weighted by Crippen LogP contribution is -2.41. The molecule has 3 N–H and O–H groups in total. The third-order valence-electron chi connectivity index (χ3n) is 4.35. The lowest BCUT2D eigenvalue weighted by Gasteiger charge is -2.15. The van der Waals surface area contributed by atoms with E-state index in [0.29, 0.717) is 25.5 Å². The smallest absolute Gasteiger partial charge is 0.222 e. The number of thioether (sulfide) groups is 1. The van der Waals surface area contributed by atoms with Crippen LogP contribution in [-0.4, -0.2) is 57.7 Å². The minimum Gasteiger partial charge on any atom is -0.356 e. The lowest BCUT2D eigenvalue weighted by molar-refractivity contribution is -0.121. The van der Waals surface area contributed by atoms with Crippen molar-refractivity contribution in [1.29, 1.82) is 0 Å². The number of sulfone groups is 1. The summed E-state index contributed by atoms with van der Waals surface area (Å²) in [7, 11) is -1.30. The summed E-state index contributed by atoms with van der Waals surface area (Å²) < 4.78 is 22.9. The Morgan fingerprint density at radius 1 is 1.33 bits per heavy atom. The highest BCUT2D eigenvalue weighted by atomic mass is 32.2. The molecule has 1 aromatic carbocycles. The van der Waals surface area contributed by atoms with E-state index < -0.39 is 9.84 Å². The Morgan fingerprint density at radius 2 is 2.11 bits per heavy atom. The van der Waals surface area contributed by atoms with E-state index in [4.69, 9.17) is 0 Å². The fraction of sp³-hybridized carbons (Fsp3) is 0.556. The summed E-state index contributed by atoms with van der Waals surface area (Å²) in [5, 5.41) is 9.15. The molecule has 0 saturated carbocycles. The molecule has 1 fully saturated rings. The fourth-order valence-corrected chi connectivity index (χ4v) is 5.28. The number of nitrogens with one attached hydrogen (secondary N) is 3. The Labute approximate surface area is 165 Å². The van der Waals surface area contributed by atoms with Gasteiger partial charge in [0.25, 0.3) is 0 Å². The number of rotatable bonds is 7. The standard InChI is InChI=1S/C18H28N4O3S2/c1-13-4-5-14(16(10-13)26-3)11-21-18(19-2)20-8-6-17(23)22-15-7-9-27(24,25)12-15/h4-5,10,15H,6-9,11-12H2,1-3H3,(H,22,23)(H2,19,20,21). The molecule has 1 unspecified atom stereocenters. The average molecular weight is 413 g/mol. The number of guanidine groups is 1. The normalized spacial score (nSPS) is 18.9. The molecular weight excluding hydrogens is 384 g/mol. The first-order valence-electron chi connectivity index (χ1n) is 8.91. The van der Waals surface area contributed by atoms with Gasteiger partial charge in [0, 0.05) is 37.5 Å². The fourth-order valence-electron chi connectivity index (χ4n) is 2.90. The van der Waals surface area contributed by atoms with E-state index in [1.54, 1.807) is 18.8 Å². The lowest BCUT2D eigenvalue weighted by atomic mass is 10.1. The minimum atomic E-state index is -2.98. The second-order valence-corrected chi connectivity index (χ2v) is 9.66. The molecule has 1 aliphatic rings. The third-order valence-corrected chi connectivity index (χ3v) is 6.94. The van der Waals surface area contributed by atoms with Crippen molar-refractivity contribution >= 4 is 33.5 Å². The molecule has 0 aliphatic carbocycles. The maximum atomic E-state index is 12.0. The van der Waals surface area contributed by atoms with Gasteiger partial charge >= 0.3 is 0 Å². The number of amides is 1. The highest BCUT2D eigenvalue weighted by molar-refractivity contribution is 7.98. The Kier molecular flexibility index (Phi) is 7.97. The Morgan fingerprint density at radius 3 is 2.74 bits per heavy atom. The summed E-state index contributed by atoms with van der Waals surface area (Å²) in [5.41, 5.74) is 2.42. The Hall–Kier alpha value is -1.74. The van der Waals surface area contributed by atoms with Crippen LogP contribution < -0.4 is 16.0 Å². The molecule has 1 aromatic rings. The van der Waals surface area contributed by atoms with Crippen LogP contribution in [0.5, 0.6) is 0 Å². The van der Waals surface area contributed by atoms with Crippen LogP contribution in [-0.2, 0) is 21.2 Å². The first-order chi connectivity index (χ1) is 12.8. The second kappa shape index (κ2) is 9.98. The number of nitrogens with zero attached hydrogens (tertiary/aromatic N) is 1. The summed E-state index contributed by atoms with van der Waals surface area (Å²) in [5.74, 6) is 0.676. The quantitative estimate of drug-likeness (QED) is 0.352. The van der Waals surface area contributed by atoms with Gasteiger partial charge in [-0.2, -0.15) is 0 Å². The molecule has 27 heavy (non-hydrogen) atoms. The molecule has 1 heterocycles. The van der Waals surface area contributed by atoms with Gasteiger partial charge in [-0.1, -0.05) is 12.1 Å². The zero-order valence-corrected chi connectivity index (χ0v) is 17.7. The van der Waals surface area contributed by atoms with Crippen molar-refractivity contribution in [2.75, 3.05) is 31.4 Å². The van der Waals surface area contributed by atoms with Crippen molar-refractivity contribution in [2.24, 2.45) is 4.99 Å². The van der Waals surface area contributed by atoms with Crippen LogP contribution in [0.4, 0.5) is 0 Å². The van der Waals surface area contributed by atoms with Gasteiger partial charge in [-0.3, -0.25) is 9.79 Å². The predicted molar refractivity (Wildman–Crippen MR) is 111 cm³/mol. The summed E-state index contributed by atoms with van der Waals surface area (Å²) >= 11 is 1.71. The van der Waals surface area contributed by atoms with Gasteiger partial charge in [-0.05, 0) is 36.8 Å². The molecule has 7 nitrogen and oxygen atoms in total. The number of aliphatic imine (C=N–C) groups is 1. The summed E-state index contributed by atoms with van der Waals surface area (Å²) in [6.07, 6.45) is 2.82. The maximum absolute atomic E-state index is 12.0. The summed E-state index contributed by atoms with van der Waals surface area (Å²) in [4.78, 5) is 17.4. The predicted octanol–water partition coefficient (Wildman–Crippen LogP) is 1.08. The number of benzene rings is 1. The maximum Gasteiger partial charge on any atom is 0.222 e. The molecule has 1 aliphatic heterocycles. The molecule has 1 saturated heterocycles. The van der Waals surface area contributed by atoms with E-state index >= 15 is 0 Å². The number of hydrogen-bond acceptors (Lipinski definition) is 5. The van der Waals surface area contributed by atoms with E-state index in [9.17, 15) is 13.2 Å². The van der Waals surface area contributed by atoms with Crippen LogP contribution >= 0.6 is 11.8 Å². The van der Waals surface area contributed by atoms with Crippen molar-refractivity contribution in [2.45, 2.75) is 37.2 Å². The molecule has 0 aromatic heterocycles. The van der Waals surface area contributed by atoms with Crippen molar-refractivity contribution in [3.8, 4) is 0 Å². The molecule has 2 rings (SSSR count). The zero-order valence-electron chi connectivity index (χ0n) is 16.0. The van der Waals surface area contributed by atoms with Gasteiger partial charge in [0.1, 0.15) is 0 Å². The summed E-state index contributed by atoms with van der Waals surface area (Å²) in [6, 6.07) is 6.09. The Balaban J connectivity index is 1.73. The molecule has 1 atom stereocenters. The molecular formula is C18H28N4O3S2. The van der Waals surface area contributed by atoms with E-state index in [2.05, 4.69) is 52.3 Å². The molecule has 0 radical (unpaired) electrons. The van der Waals surface area contributed by atoms with Gasteiger partial charge in [0.2, 0.25) is 5.91 Å². The molecule has 1 amide bonds. The first-order valence-corrected chi connectivity index (χ1v) is 12.0. The SMILES string of the molecule is CN=C(NCCC(=O)NC1CCS(=O)(=O)C1)NCc1ccc(C)cc1SC. The molecule has 150 valence electrons. The number of carbonyl (C=O) groups excluding carboxylic acids is 1. The van der Waals surface area contributed by atoms with Gasteiger partial charge < -0.3 is 16.0 Å². The number of aryl methyl sites for hydroxylation is 1. The van der Waals surface area contributed by atoms with Gasteiger partial charge in [-0.15, -0.1) is 11.8 Å². The largest absolute Gasteiger partial charge is 0.356 e. The van der Waals surface area contributed by atoms with Crippen molar-refractivity contribution in [1.82, 2.24) is 16.0 Å². The van der Waals surface area contributed by atoms with E-state index in [0.717, 1.165) is 0 Å². The highest BCUT2D eigenvalue weighted by Crippen LogP contribution is 2.21. The van der Waals surface area contributed by atoms with Crippen LogP contribution in [0, 0.1) is 6.92 Å². The number of hydrogen-bond donors (Lipinski definition) is 3. The first kappa shape index (κ1) is 21.6. The van der Waals surface area contributed by atoms with Crippen LogP contribution in [0.25, 0.3) is 0 Å². The molecule has 0 bridgehead atoms.